The Morgan fingerprint density at radius 2 is 1.44 bits per heavy atom. The number of benzene rings is 1. The van der Waals surface area contributed by atoms with E-state index in [1.807, 2.05) is 12.2 Å². The smallest absolute Gasteiger partial charge is 0.0774 e. The molecule has 0 fully saturated rings. The third kappa shape index (κ3) is 2.96. The Labute approximate surface area is 98.8 Å². The molecule has 88 valence electrons. The maximum atomic E-state index is 9.71. The summed E-state index contributed by atoms with van der Waals surface area (Å²) >= 11 is 0. The van der Waals surface area contributed by atoms with Crippen molar-refractivity contribution in [3.8, 4) is 0 Å². The van der Waals surface area contributed by atoms with Crippen LogP contribution in [-0.2, 0) is 0 Å². The van der Waals surface area contributed by atoms with E-state index in [1.165, 1.54) is 27.8 Å². The lowest BCUT2D eigenvalue weighted by Gasteiger charge is -2.15. The van der Waals surface area contributed by atoms with Crippen molar-refractivity contribution in [3.63, 3.8) is 0 Å². The van der Waals surface area contributed by atoms with Crippen molar-refractivity contribution in [2.45, 2.75) is 47.1 Å². The topological polar surface area (TPSA) is 20.2 Å². The Morgan fingerprint density at radius 1 is 1.00 bits per heavy atom. The van der Waals surface area contributed by atoms with Gasteiger partial charge in [0, 0.05) is 0 Å². The molecular formula is C15H22O. The lowest BCUT2D eigenvalue weighted by atomic mass is 9.93. The van der Waals surface area contributed by atoms with E-state index in [0.29, 0.717) is 0 Å². The first-order valence-corrected chi connectivity index (χ1v) is 5.71. The van der Waals surface area contributed by atoms with Crippen LogP contribution < -0.4 is 0 Å². The molecule has 0 aliphatic heterocycles. The summed E-state index contributed by atoms with van der Waals surface area (Å²) < 4.78 is 0. The second-order valence-electron chi connectivity index (χ2n) is 5.16. The van der Waals surface area contributed by atoms with E-state index in [2.05, 4.69) is 33.8 Å². The Morgan fingerprint density at radius 3 is 1.81 bits per heavy atom. The minimum absolute atomic E-state index is 0.753. The molecule has 0 unspecified atom stereocenters. The highest BCUT2D eigenvalue weighted by molar-refractivity contribution is 5.62. The van der Waals surface area contributed by atoms with Gasteiger partial charge in [0.1, 0.15) is 0 Å². The van der Waals surface area contributed by atoms with E-state index >= 15 is 0 Å². The minimum Gasteiger partial charge on any atom is -0.386 e. The van der Waals surface area contributed by atoms with E-state index in [1.54, 1.807) is 13.8 Å². The van der Waals surface area contributed by atoms with Crippen molar-refractivity contribution in [2.75, 3.05) is 0 Å². The average Bonchev–Trinajstić information content (AvgIpc) is 2.13. The molecule has 1 aromatic rings. The summed E-state index contributed by atoms with van der Waals surface area (Å²) in [5.74, 6) is 0. The molecule has 0 amide bonds. The molecule has 0 aliphatic carbocycles. The van der Waals surface area contributed by atoms with Gasteiger partial charge in [-0.1, -0.05) is 18.2 Å². The molecule has 1 rings (SSSR count). The summed E-state index contributed by atoms with van der Waals surface area (Å²) in [7, 11) is 0. The first kappa shape index (κ1) is 13.0. The van der Waals surface area contributed by atoms with Crippen molar-refractivity contribution < 1.29 is 5.11 Å². The SMILES string of the molecule is Cc1cc(C)c(C)c(/C=C/C(C)(C)O)c1C. The molecule has 0 saturated heterocycles. The Bertz CT molecular complexity index is 394. The van der Waals surface area contributed by atoms with E-state index in [0.717, 1.165) is 0 Å². The molecular weight excluding hydrogens is 196 g/mol. The predicted molar refractivity (Wildman–Crippen MR) is 70.7 cm³/mol. The van der Waals surface area contributed by atoms with Gasteiger partial charge in [-0.05, 0) is 69.4 Å². The Kier molecular flexibility index (Phi) is 3.59. The number of rotatable bonds is 2. The molecule has 0 saturated carbocycles. The molecule has 0 spiro atoms. The van der Waals surface area contributed by atoms with Crippen LogP contribution in [0.4, 0.5) is 0 Å². The predicted octanol–water partition coefficient (Wildman–Crippen LogP) is 3.70. The van der Waals surface area contributed by atoms with Crippen LogP contribution in [0, 0.1) is 27.7 Å². The molecule has 0 radical (unpaired) electrons. The van der Waals surface area contributed by atoms with Crippen LogP contribution in [0.15, 0.2) is 12.1 Å². The molecule has 16 heavy (non-hydrogen) atoms. The second-order valence-corrected chi connectivity index (χ2v) is 5.16. The molecule has 1 nitrogen and oxygen atoms in total. The van der Waals surface area contributed by atoms with Crippen LogP contribution in [0.5, 0.6) is 0 Å². The van der Waals surface area contributed by atoms with E-state index in [-0.39, 0.29) is 0 Å². The number of aryl methyl sites for hydroxylation is 2. The Balaban J connectivity index is 3.28. The maximum absolute atomic E-state index is 9.71. The zero-order valence-corrected chi connectivity index (χ0v) is 11.2. The largest absolute Gasteiger partial charge is 0.386 e. The zero-order valence-electron chi connectivity index (χ0n) is 11.2. The van der Waals surface area contributed by atoms with Gasteiger partial charge in [-0.25, -0.2) is 0 Å². The molecule has 0 bridgehead atoms. The van der Waals surface area contributed by atoms with Crippen LogP contribution in [0.3, 0.4) is 0 Å². The standard InChI is InChI=1S/C15H22O/c1-10-9-11(2)13(4)14(12(10)3)7-8-15(5,6)16/h7-9,16H,1-6H3/b8-7+. The number of aliphatic hydroxyl groups is 1. The molecule has 0 atom stereocenters. The summed E-state index contributed by atoms with van der Waals surface area (Å²) in [6.45, 7) is 12.1. The van der Waals surface area contributed by atoms with E-state index in [4.69, 9.17) is 0 Å². The lowest BCUT2D eigenvalue weighted by Crippen LogP contribution is -2.13. The molecule has 0 heterocycles. The number of hydrogen-bond donors (Lipinski definition) is 1. The van der Waals surface area contributed by atoms with E-state index in [9.17, 15) is 5.11 Å². The minimum atomic E-state index is -0.753. The van der Waals surface area contributed by atoms with Crippen LogP contribution in [0.25, 0.3) is 6.08 Å². The summed E-state index contributed by atoms with van der Waals surface area (Å²) in [6, 6.07) is 2.21. The van der Waals surface area contributed by atoms with Crippen molar-refractivity contribution in [1.29, 1.82) is 0 Å². The van der Waals surface area contributed by atoms with Gasteiger partial charge < -0.3 is 5.11 Å². The fourth-order valence-corrected chi connectivity index (χ4v) is 1.78. The van der Waals surface area contributed by atoms with Crippen molar-refractivity contribution in [1.82, 2.24) is 0 Å². The summed E-state index contributed by atoms with van der Waals surface area (Å²) in [5, 5.41) is 9.71. The van der Waals surface area contributed by atoms with Gasteiger partial charge in [0.2, 0.25) is 0 Å². The van der Waals surface area contributed by atoms with Crippen LogP contribution >= 0.6 is 0 Å². The second kappa shape index (κ2) is 4.42. The Hall–Kier alpha value is -1.08. The molecule has 1 N–H and O–H groups in total. The summed E-state index contributed by atoms with van der Waals surface area (Å²) in [4.78, 5) is 0. The van der Waals surface area contributed by atoms with Crippen molar-refractivity contribution >= 4 is 6.08 Å². The first-order valence-electron chi connectivity index (χ1n) is 5.71. The third-order valence-corrected chi connectivity index (χ3v) is 3.08. The highest BCUT2D eigenvalue weighted by atomic mass is 16.3. The molecule has 1 heteroatoms. The fourth-order valence-electron chi connectivity index (χ4n) is 1.78. The molecule has 0 aromatic heterocycles. The monoisotopic (exact) mass is 218 g/mol. The first-order chi connectivity index (χ1) is 7.22. The van der Waals surface area contributed by atoms with Gasteiger partial charge in [-0.2, -0.15) is 0 Å². The van der Waals surface area contributed by atoms with Gasteiger partial charge in [0.25, 0.3) is 0 Å². The normalized spacial score (nSPS) is 12.4. The zero-order chi connectivity index (χ0) is 12.5. The summed E-state index contributed by atoms with van der Waals surface area (Å²) in [5.41, 5.74) is 5.68. The van der Waals surface area contributed by atoms with Gasteiger partial charge in [0.15, 0.2) is 0 Å². The molecule has 0 aliphatic rings. The third-order valence-electron chi connectivity index (χ3n) is 3.08. The number of hydrogen-bond acceptors (Lipinski definition) is 1. The van der Waals surface area contributed by atoms with Gasteiger partial charge >= 0.3 is 0 Å². The van der Waals surface area contributed by atoms with Gasteiger partial charge in [-0.15, -0.1) is 0 Å². The van der Waals surface area contributed by atoms with Crippen molar-refractivity contribution in [3.05, 3.63) is 40.0 Å². The van der Waals surface area contributed by atoms with Gasteiger partial charge in [0.05, 0.1) is 5.60 Å². The molecule has 1 aromatic carbocycles. The van der Waals surface area contributed by atoms with Crippen LogP contribution in [0.2, 0.25) is 0 Å². The summed E-state index contributed by atoms with van der Waals surface area (Å²) in [6.07, 6.45) is 3.88. The average molecular weight is 218 g/mol. The van der Waals surface area contributed by atoms with E-state index < -0.39 is 5.60 Å². The quantitative estimate of drug-likeness (QED) is 0.802. The highest BCUT2D eigenvalue weighted by Crippen LogP contribution is 2.23. The highest BCUT2D eigenvalue weighted by Gasteiger charge is 2.09. The van der Waals surface area contributed by atoms with Gasteiger partial charge in [-0.3, -0.25) is 0 Å². The van der Waals surface area contributed by atoms with Crippen molar-refractivity contribution in [2.24, 2.45) is 0 Å². The lowest BCUT2D eigenvalue weighted by molar-refractivity contribution is 0.134. The fraction of sp³-hybridized carbons (Fsp3) is 0.467. The van der Waals surface area contributed by atoms with Crippen LogP contribution in [0.1, 0.15) is 41.7 Å². The van der Waals surface area contributed by atoms with Crippen LogP contribution in [-0.4, -0.2) is 10.7 Å². The maximum Gasteiger partial charge on any atom is 0.0774 e.